The highest BCUT2D eigenvalue weighted by Crippen LogP contribution is 2.27. The topological polar surface area (TPSA) is 105 Å². The minimum atomic E-state index is -0.721. The number of carbonyl (C=O) groups is 1. The number of ether oxygens (including phenoxy) is 1. The molecule has 9 heteroatoms. The number of urea groups is 1. The first-order chi connectivity index (χ1) is 14.6. The van der Waals surface area contributed by atoms with E-state index in [0.29, 0.717) is 5.39 Å². The number of halogens is 1. The van der Waals surface area contributed by atoms with Crippen molar-refractivity contribution in [2.75, 3.05) is 5.32 Å². The number of hydrogen-bond donors (Lipinski definition) is 3. The maximum atomic E-state index is 14.8. The van der Waals surface area contributed by atoms with E-state index in [1.54, 1.807) is 12.4 Å². The van der Waals surface area contributed by atoms with E-state index in [2.05, 4.69) is 30.8 Å². The van der Waals surface area contributed by atoms with Crippen molar-refractivity contribution in [3.05, 3.63) is 78.0 Å². The molecule has 0 fully saturated rings. The Labute approximate surface area is 171 Å². The number of anilines is 1. The van der Waals surface area contributed by atoms with Gasteiger partial charge in [-0.15, -0.1) is 5.10 Å². The SMILES string of the molecule is C[C@@H](NC(=O)Nc1ncc2c(OCc3ccncc3)n[nH]c2c1F)c1ccccc1. The average molecular weight is 406 g/mol. The van der Waals surface area contributed by atoms with Crippen LogP contribution in [-0.4, -0.2) is 26.2 Å². The molecule has 0 saturated carbocycles. The lowest BCUT2D eigenvalue weighted by Gasteiger charge is -2.15. The van der Waals surface area contributed by atoms with Crippen molar-refractivity contribution in [3.8, 4) is 5.88 Å². The normalized spacial score (nSPS) is 11.8. The van der Waals surface area contributed by atoms with E-state index >= 15 is 0 Å². The van der Waals surface area contributed by atoms with Crippen LogP contribution in [0.3, 0.4) is 0 Å². The van der Waals surface area contributed by atoms with Crippen LogP contribution in [0.2, 0.25) is 0 Å². The molecule has 0 aliphatic heterocycles. The third kappa shape index (κ3) is 4.19. The van der Waals surface area contributed by atoms with E-state index in [-0.39, 0.29) is 29.9 Å². The van der Waals surface area contributed by atoms with Crippen molar-refractivity contribution >= 4 is 22.8 Å². The van der Waals surface area contributed by atoms with Crippen molar-refractivity contribution in [2.45, 2.75) is 19.6 Å². The number of aromatic nitrogens is 4. The van der Waals surface area contributed by atoms with Gasteiger partial charge in [-0.2, -0.15) is 0 Å². The lowest BCUT2D eigenvalue weighted by atomic mass is 10.1. The Bertz CT molecular complexity index is 1150. The first-order valence-corrected chi connectivity index (χ1v) is 9.28. The highest BCUT2D eigenvalue weighted by atomic mass is 19.1. The maximum Gasteiger partial charge on any atom is 0.320 e. The predicted octanol–water partition coefficient (Wildman–Crippen LogP) is 3.95. The van der Waals surface area contributed by atoms with Crippen LogP contribution in [0.5, 0.6) is 5.88 Å². The molecule has 30 heavy (non-hydrogen) atoms. The Morgan fingerprint density at radius 2 is 1.97 bits per heavy atom. The van der Waals surface area contributed by atoms with Crippen LogP contribution in [0.25, 0.3) is 10.9 Å². The number of amides is 2. The molecule has 152 valence electrons. The fraction of sp³-hybridized carbons (Fsp3) is 0.143. The molecule has 1 aromatic carbocycles. The summed E-state index contributed by atoms with van der Waals surface area (Å²) in [5, 5.41) is 12.2. The second kappa shape index (κ2) is 8.56. The number of nitrogens with one attached hydrogen (secondary N) is 3. The van der Waals surface area contributed by atoms with Crippen molar-refractivity contribution in [2.24, 2.45) is 0 Å². The zero-order valence-electron chi connectivity index (χ0n) is 16.1. The zero-order valence-corrected chi connectivity index (χ0v) is 16.1. The van der Waals surface area contributed by atoms with Crippen molar-refractivity contribution < 1.29 is 13.9 Å². The van der Waals surface area contributed by atoms with E-state index in [1.165, 1.54) is 6.20 Å². The molecular formula is C21H19FN6O2. The average Bonchev–Trinajstić information content (AvgIpc) is 3.19. The molecular weight excluding hydrogens is 387 g/mol. The summed E-state index contributed by atoms with van der Waals surface area (Å²) in [7, 11) is 0. The number of hydrogen-bond acceptors (Lipinski definition) is 5. The van der Waals surface area contributed by atoms with Gasteiger partial charge in [0.05, 0.1) is 11.4 Å². The minimum Gasteiger partial charge on any atom is -0.471 e. The minimum absolute atomic E-state index is 0.0983. The van der Waals surface area contributed by atoms with Gasteiger partial charge in [0.25, 0.3) is 0 Å². The summed E-state index contributed by atoms with van der Waals surface area (Å²) in [4.78, 5) is 20.2. The summed E-state index contributed by atoms with van der Waals surface area (Å²) in [6.07, 6.45) is 4.72. The van der Waals surface area contributed by atoms with Crippen molar-refractivity contribution in [3.63, 3.8) is 0 Å². The number of H-pyrrole nitrogens is 1. The molecule has 0 unspecified atom stereocenters. The van der Waals surface area contributed by atoms with E-state index in [9.17, 15) is 9.18 Å². The van der Waals surface area contributed by atoms with E-state index < -0.39 is 11.8 Å². The molecule has 2 amide bonds. The molecule has 3 heterocycles. The predicted molar refractivity (Wildman–Crippen MR) is 109 cm³/mol. The molecule has 4 rings (SSSR count). The Balaban J connectivity index is 1.45. The molecule has 0 aliphatic carbocycles. The van der Waals surface area contributed by atoms with Crippen LogP contribution in [0.4, 0.5) is 15.0 Å². The van der Waals surface area contributed by atoms with Crippen molar-refractivity contribution in [1.82, 2.24) is 25.5 Å². The van der Waals surface area contributed by atoms with Crippen LogP contribution in [-0.2, 0) is 6.61 Å². The number of carbonyl (C=O) groups excluding carboxylic acids is 1. The molecule has 0 saturated heterocycles. The molecule has 0 bridgehead atoms. The summed E-state index contributed by atoms with van der Waals surface area (Å²) in [5.74, 6) is -0.701. The quantitative estimate of drug-likeness (QED) is 0.450. The van der Waals surface area contributed by atoms with Crippen LogP contribution in [0, 0.1) is 5.82 Å². The fourth-order valence-electron chi connectivity index (χ4n) is 2.92. The van der Waals surface area contributed by atoms with Gasteiger partial charge >= 0.3 is 6.03 Å². The lowest BCUT2D eigenvalue weighted by Crippen LogP contribution is -2.31. The number of fused-ring (bicyclic) bond motifs is 1. The molecule has 3 aromatic heterocycles. The maximum absolute atomic E-state index is 14.8. The number of rotatable bonds is 6. The van der Waals surface area contributed by atoms with Crippen LogP contribution in [0.1, 0.15) is 24.1 Å². The largest absolute Gasteiger partial charge is 0.471 e. The second-order valence-corrected chi connectivity index (χ2v) is 6.61. The van der Waals surface area contributed by atoms with Crippen LogP contribution >= 0.6 is 0 Å². The van der Waals surface area contributed by atoms with Crippen LogP contribution in [0.15, 0.2) is 61.1 Å². The molecule has 8 nitrogen and oxygen atoms in total. The van der Waals surface area contributed by atoms with Gasteiger partial charge in [-0.25, -0.2) is 14.2 Å². The number of aromatic amines is 1. The number of benzene rings is 1. The van der Waals surface area contributed by atoms with E-state index in [4.69, 9.17) is 4.74 Å². The lowest BCUT2D eigenvalue weighted by molar-refractivity contribution is 0.249. The van der Waals surface area contributed by atoms with Crippen LogP contribution < -0.4 is 15.4 Å². The smallest absolute Gasteiger partial charge is 0.320 e. The number of nitrogens with zero attached hydrogens (tertiary/aromatic N) is 3. The first-order valence-electron chi connectivity index (χ1n) is 9.28. The third-order valence-electron chi connectivity index (χ3n) is 4.52. The molecule has 0 aliphatic rings. The van der Waals surface area contributed by atoms with E-state index in [0.717, 1.165) is 11.1 Å². The number of pyridine rings is 2. The third-order valence-corrected chi connectivity index (χ3v) is 4.52. The summed E-state index contributed by atoms with van der Waals surface area (Å²) in [5.41, 5.74) is 1.93. The molecule has 0 radical (unpaired) electrons. The van der Waals surface area contributed by atoms with Gasteiger partial charge in [0, 0.05) is 18.6 Å². The highest BCUT2D eigenvalue weighted by molar-refractivity contribution is 5.92. The fourth-order valence-corrected chi connectivity index (χ4v) is 2.92. The second-order valence-electron chi connectivity index (χ2n) is 6.61. The van der Waals surface area contributed by atoms with Gasteiger partial charge < -0.3 is 10.1 Å². The molecule has 0 spiro atoms. The van der Waals surface area contributed by atoms with Gasteiger partial charge in [0.1, 0.15) is 12.1 Å². The van der Waals surface area contributed by atoms with Gasteiger partial charge in [-0.05, 0) is 30.2 Å². The Hall–Kier alpha value is -4.01. The summed E-state index contributed by atoms with van der Waals surface area (Å²) < 4.78 is 20.5. The van der Waals surface area contributed by atoms with Gasteiger partial charge in [0.2, 0.25) is 5.88 Å². The first kappa shape index (κ1) is 19.3. The summed E-state index contributed by atoms with van der Waals surface area (Å²) >= 11 is 0. The molecule has 3 N–H and O–H groups in total. The van der Waals surface area contributed by atoms with E-state index in [1.807, 2.05) is 49.4 Å². The monoisotopic (exact) mass is 406 g/mol. The summed E-state index contributed by atoms with van der Waals surface area (Å²) in [6, 6.07) is 12.3. The van der Waals surface area contributed by atoms with Crippen molar-refractivity contribution in [1.29, 1.82) is 0 Å². The molecule has 1 atom stereocenters. The van der Waals surface area contributed by atoms with Gasteiger partial charge in [0.15, 0.2) is 11.6 Å². The Kier molecular flexibility index (Phi) is 5.51. The Morgan fingerprint density at radius 3 is 2.73 bits per heavy atom. The summed E-state index contributed by atoms with van der Waals surface area (Å²) in [6.45, 7) is 2.09. The Morgan fingerprint density at radius 1 is 1.20 bits per heavy atom. The zero-order chi connectivity index (χ0) is 20.9. The highest BCUT2D eigenvalue weighted by Gasteiger charge is 2.18. The van der Waals surface area contributed by atoms with Gasteiger partial charge in [-0.1, -0.05) is 30.3 Å². The molecule has 4 aromatic rings. The van der Waals surface area contributed by atoms with Gasteiger partial charge in [-0.3, -0.25) is 15.4 Å². The standard InChI is InChI=1S/C21H19FN6O2/c1-13(15-5-3-2-4-6-15)25-21(29)26-19-17(22)18-16(11-24-19)20(28-27-18)30-12-14-7-9-23-10-8-14/h2-11,13H,12H2,1H3,(H,27,28)(H2,24,25,26,29)/t13-/m1/s1.